The Hall–Kier alpha value is -3.00. The van der Waals surface area contributed by atoms with Crippen LogP contribution in [0.2, 0.25) is 5.02 Å². The van der Waals surface area contributed by atoms with Crippen molar-refractivity contribution in [3.05, 3.63) is 58.6 Å². The van der Waals surface area contributed by atoms with Gasteiger partial charge in [-0.2, -0.15) is 0 Å². The molecule has 3 rings (SSSR count). The number of likely N-dealkylation sites (tertiary alicyclic amines) is 1. The first-order chi connectivity index (χ1) is 13.8. The molecule has 1 aromatic carbocycles. The second-order valence-corrected chi connectivity index (χ2v) is 7.52. The molecule has 1 aromatic heterocycles. The van der Waals surface area contributed by atoms with Crippen LogP contribution in [0.25, 0.3) is 0 Å². The lowest BCUT2D eigenvalue weighted by molar-refractivity contribution is -0.146. The summed E-state index contributed by atoms with van der Waals surface area (Å²) in [6.45, 7) is 2.35. The van der Waals surface area contributed by atoms with Gasteiger partial charge in [-0.1, -0.05) is 24.6 Å². The molecule has 3 amide bonds. The number of hydrogen-bond donors (Lipinski definition) is 2. The van der Waals surface area contributed by atoms with E-state index < -0.39 is 29.6 Å². The molecule has 0 unspecified atom stereocenters. The van der Waals surface area contributed by atoms with Crippen LogP contribution in [0, 0.1) is 11.7 Å². The Bertz CT molecular complexity index is 968. The van der Waals surface area contributed by atoms with Gasteiger partial charge in [0, 0.05) is 12.7 Å². The summed E-state index contributed by atoms with van der Waals surface area (Å²) in [5.74, 6) is -2.70. The summed E-state index contributed by atoms with van der Waals surface area (Å²) in [5.41, 5.74) is 6.07. The van der Waals surface area contributed by atoms with Gasteiger partial charge in [-0.3, -0.25) is 19.4 Å². The van der Waals surface area contributed by atoms with Gasteiger partial charge in [0.2, 0.25) is 5.91 Å². The number of nitrogens with zero attached hydrogens (tertiary/aromatic N) is 2. The van der Waals surface area contributed by atoms with E-state index in [0.29, 0.717) is 18.5 Å². The topological polar surface area (TPSA) is 105 Å². The van der Waals surface area contributed by atoms with Crippen molar-refractivity contribution < 1.29 is 18.8 Å². The van der Waals surface area contributed by atoms with Crippen LogP contribution in [0.3, 0.4) is 0 Å². The summed E-state index contributed by atoms with van der Waals surface area (Å²) in [6.07, 6.45) is 4.00. The summed E-state index contributed by atoms with van der Waals surface area (Å²) in [7, 11) is 0. The van der Waals surface area contributed by atoms with Gasteiger partial charge in [-0.15, -0.1) is 0 Å². The summed E-state index contributed by atoms with van der Waals surface area (Å²) in [5, 5.41) is 2.44. The Morgan fingerprint density at radius 2 is 2.00 bits per heavy atom. The van der Waals surface area contributed by atoms with Crippen LogP contribution in [0.4, 0.5) is 10.1 Å². The minimum atomic E-state index is -0.873. The van der Waals surface area contributed by atoms with Gasteiger partial charge in [0.25, 0.3) is 0 Å². The van der Waals surface area contributed by atoms with E-state index in [4.69, 9.17) is 17.3 Å². The van der Waals surface area contributed by atoms with Crippen molar-refractivity contribution >= 4 is 35.0 Å². The first kappa shape index (κ1) is 20.7. The SMILES string of the molecule is C[C@@H]1CC[C@@H](c2ccc(Cl)c(F)c2)N(C(=O)C(=O)Nc2cncc(C(N)=O)c2)C1. The number of piperidine rings is 1. The predicted octanol–water partition coefficient (Wildman–Crippen LogP) is 2.91. The van der Waals surface area contributed by atoms with Gasteiger partial charge in [-0.25, -0.2) is 4.39 Å². The molecular formula is C20H20ClFN4O3. The van der Waals surface area contributed by atoms with Crippen molar-refractivity contribution in [2.24, 2.45) is 11.7 Å². The number of nitrogens with one attached hydrogen (secondary N) is 1. The molecule has 0 bridgehead atoms. The zero-order valence-corrected chi connectivity index (χ0v) is 16.4. The average molecular weight is 419 g/mol. The molecule has 1 fully saturated rings. The third-order valence-corrected chi connectivity index (χ3v) is 5.19. The number of carbonyl (C=O) groups is 3. The highest BCUT2D eigenvalue weighted by Crippen LogP contribution is 2.34. The zero-order valence-electron chi connectivity index (χ0n) is 15.7. The third-order valence-electron chi connectivity index (χ3n) is 4.88. The first-order valence-electron chi connectivity index (χ1n) is 9.08. The number of hydrogen-bond acceptors (Lipinski definition) is 4. The molecule has 152 valence electrons. The number of primary amides is 1. The normalized spacial score (nSPS) is 18.9. The van der Waals surface area contributed by atoms with E-state index in [0.717, 1.165) is 6.42 Å². The molecule has 1 saturated heterocycles. The van der Waals surface area contributed by atoms with Gasteiger partial charge in [0.15, 0.2) is 0 Å². The number of amides is 3. The Morgan fingerprint density at radius 3 is 2.69 bits per heavy atom. The molecule has 1 aliphatic heterocycles. The van der Waals surface area contributed by atoms with E-state index in [2.05, 4.69) is 10.3 Å². The van der Waals surface area contributed by atoms with Crippen molar-refractivity contribution in [3.8, 4) is 0 Å². The lowest BCUT2D eigenvalue weighted by Crippen LogP contribution is -2.46. The number of benzene rings is 1. The van der Waals surface area contributed by atoms with E-state index >= 15 is 0 Å². The highest BCUT2D eigenvalue weighted by atomic mass is 35.5. The maximum absolute atomic E-state index is 13.9. The number of nitrogens with two attached hydrogens (primary N) is 1. The van der Waals surface area contributed by atoms with Crippen molar-refractivity contribution in [2.75, 3.05) is 11.9 Å². The van der Waals surface area contributed by atoms with Crippen molar-refractivity contribution in [3.63, 3.8) is 0 Å². The molecule has 2 aromatic rings. The molecule has 0 saturated carbocycles. The number of anilines is 1. The quantitative estimate of drug-likeness (QED) is 0.747. The number of carbonyl (C=O) groups excluding carboxylic acids is 3. The second kappa shape index (κ2) is 8.57. The smallest absolute Gasteiger partial charge is 0.313 e. The van der Waals surface area contributed by atoms with Crippen LogP contribution in [0.5, 0.6) is 0 Å². The number of pyridine rings is 1. The van der Waals surface area contributed by atoms with Gasteiger partial charge < -0.3 is 16.0 Å². The molecule has 1 aliphatic rings. The fraction of sp³-hybridized carbons (Fsp3) is 0.300. The fourth-order valence-corrected chi connectivity index (χ4v) is 3.52. The van der Waals surface area contributed by atoms with Crippen LogP contribution < -0.4 is 11.1 Å². The molecular weight excluding hydrogens is 399 g/mol. The largest absolute Gasteiger partial charge is 0.366 e. The molecule has 2 atom stereocenters. The monoisotopic (exact) mass is 418 g/mol. The number of halogens is 2. The minimum Gasteiger partial charge on any atom is -0.366 e. The second-order valence-electron chi connectivity index (χ2n) is 7.11. The Morgan fingerprint density at radius 1 is 1.24 bits per heavy atom. The Balaban J connectivity index is 1.81. The van der Waals surface area contributed by atoms with Gasteiger partial charge >= 0.3 is 11.8 Å². The Kier molecular flexibility index (Phi) is 6.12. The van der Waals surface area contributed by atoms with Crippen molar-refractivity contribution in [1.82, 2.24) is 9.88 Å². The van der Waals surface area contributed by atoms with Gasteiger partial charge in [0.1, 0.15) is 5.82 Å². The first-order valence-corrected chi connectivity index (χ1v) is 9.45. The van der Waals surface area contributed by atoms with Crippen molar-refractivity contribution in [1.29, 1.82) is 0 Å². The molecule has 7 nitrogen and oxygen atoms in total. The van der Waals surface area contributed by atoms with E-state index in [1.165, 1.54) is 35.5 Å². The lowest BCUT2D eigenvalue weighted by Gasteiger charge is -2.38. The molecule has 0 radical (unpaired) electrons. The van der Waals surface area contributed by atoms with E-state index in [1.54, 1.807) is 6.07 Å². The summed E-state index contributed by atoms with van der Waals surface area (Å²) >= 11 is 5.76. The summed E-state index contributed by atoms with van der Waals surface area (Å²) in [4.78, 5) is 42.0. The number of aromatic nitrogens is 1. The van der Waals surface area contributed by atoms with Crippen LogP contribution in [0.1, 0.15) is 41.7 Å². The van der Waals surface area contributed by atoms with Crippen LogP contribution >= 0.6 is 11.6 Å². The van der Waals surface area contributed by atoms with Gasteiger partial charge in [-0.05, 0) is 42.5 Å². The van der Waals surface area contributed by atoms with Crippen molar-refractivity contribution in [2.45, 2.75) is 25.8 Å². The molecule has 0 spiro atoms. The predicted molar refractivity (Wildman–Crippen MR) is 106 cm³/mol. The van der Waals surface area contributed by atoms with Crippen LogP contribution in [-0.4, -0.2) is 34.2 Å². The minimum absolute atomic E-state index is 0.00428. The lowest BCUT2D eigenvalue weighted by atomic mass is 9.89. The average Bonchev–Trinajstić information content (AvgIpc) is 2.69. The summed E-state index contributed by atoms with van der Waals surface area (Å²) in [6, 6.07) is 5.29. The molecule has 9 heteroatoms. The third kappa shape index (κ3) is 4.71. The maximum Gasteiger partial charge on any atom is 0.313 e. The van der Waals surface area contributed by atoms with E-state index in [9.17, 15) is 18.8 Å². The molecule has 3 N–H and O–H groups in total. The van der Waals surface area contributed by atoms with E-state index in [1.807, 2.05) is 6.92 Å². The molecule has 0 aliphatic carbocycles. The highest BCUT2D eigenvalue weighted by molar-refractivity contribution is 6.39. The van der Waals surface area contributed by atoms with E-state index in [-0.39, 0.29) is 22.2 Å². The molecule has 2 heterocycles. The van der Waals surface area contributed by atoms with Crippen LogP contribution in [0.15, 0.2) is 36.7 Å². The molecule has 29 heavy (non-hydrogen) atoms. The fourth-order valence-electron chi connectivity index (χ4n) is 3.40. The maximum atomic E-state index is 13.9. The highest BCUT2D eigenvalue weighted by Gasteiger charge is 2.34. The summed E-state index contributed by atoms with van der Waals surface area (Å²) < 4.78 is 13.9. The van der Waals surface area contributed by atoms with Crippen LogP contribution in [-0.2, 0) is 9.59 Å². The van der Waals surface area contributed by atoms with Gasteiger partial charge in [0.05, 0.1) is 28.5 Å². The Labute approximate surface area is 172 Å². The standard InChI is InChI=1S/C20H20ClFN4O3/c1-11-2-5-17(12-3-4-15(21)16(22)7-12)26(10-11)20(29)19(28)25-14-6-13(18(23)27)8-24-9-14/h3-4,6-9,11,17H,2,5,10H2,1H3,(H2,23,27)(H,25,28)/t11-,17+/m1/s1. The number of rotatable bonds is 3. The zero-order chi connectivity index (χ0) is 21.1.